The van der Waals surface area contributed by atoms with Gasteiger partial charge in [0.1, 0.15) is 0 Å². The number of ketones is 1. The Morgan fingerprint density at radius 3 is 2.88 bits per heavy atom. The quantitative estimate of drug-likeness (QED) is 0.845. The normalized spacial score (nSPS) is 10.4. The minimum absolute atomic E-state index is 0.102. The van der Waals surface area contributed by atoms with E-state index in [1.54, 1.807) is 11.3 Å². The lowest BCUT2D eigenvalue weighted by Gasteiger charge is -2.06. The number of thiophene rings is 1. The number of hydrogen-bond donors (Lipinski definition) is 1. The van der Waals surface area contributed by atoms with Crippen molar-refractivity contribution in [1.29, 1.82) is 0 Å². The monoisotopic (exact) mass is 249 g/mol. The van der Waals surface area contributed by atoms with Crippen LogP contribution in [0, 0.1) is 0 Å². The largest absolute Gasteiger partial charge is 0.406 e. The molecular formula is C12H11NO3S. The van der Waals surface area contributed by atoms with Gasteiger partial charge in [-0.05, 0) is 41.3 Å². The SMILES string of the molecule is CC(=O)c1c(Cc2ccsc2)cc(=O)oc1N. The standard InChI is InChI=1S/C12H11NO3S/c1-7(14)11-9(4-8-2-3-17-6-8)5-10(15)16-12(11)13/h2-3,5-6H,4,13H2,1H3. The van der Waals surface area contributed by atoms with E-state index in [0.717, 1.165) is 5.56 Å². The molecule has 4 nitrogen and oxygen atoms in total. The third-order valence-electron chi connectivity index (χ3n) is 2.40. The van der Waals surface area contributed by atoms with E-state index in [1.165, 1.54) is 13.0 Å². The second-order valence-corrected chi connectivity index (χ2v) is 4.47. The van der Waals surface area contributed by atoms with Crippen molar-refractivity contribution in [2.75, 3.05) is 5.73 Å². The molecule has 2 aromatic heterocycles. The van der Waals surface area contributed by atoms with Gasteiger partial charge in [0.2, 0.25) is 5.88 Å². The fraction of sp³-hybridized carbons (Fsp3) is 0.167. The Kier molecular flexibility index (Phi) is 3.10. The summed E-state index contributed by atoms with van der Waals surface area (Å²) in [6.45, 7) is 1.41. The van der Waals surface area contributed by atoms with Crippen LogP contribution in [0.2, 0.25) is 0 Å². The highest BCUT2D eigenvalue weighted by atomic mass is 32.1. The Hall–Kier alpha value is -1.88. The third kappa shape index (κ3) is 2.45. The van der Waals surface area contributed by atoms with Gasteiger partial charge < -0.3 is 10.2 Å². The van der Waals surface area contributed by atoms with Gasteiger partial charge in [-0.2, -0.15) is 11.3 Å². The Labute approximate surface area is 102 Å². The zero-order chi connectivity index (χ0) is 12.4. The van der Waals surface area contributed by atoms with Crippen LogP contribution in [0.15, 0.2) is 32.1 Å². The van der Waals surface area contributed by atoms with Gasteiger partial charge >= 0.3 is 5.63 Å². The van der Waals surface area contributed by atoms with E-state index < -0.39 is 5.63 Å². The van der Waals surface area contributed by atoms with E-state index in [9.17, 15) is 9.59 Å². The highest BCUT2D eigenvalue weighted by Crippen LogP contribution is 2.20. The summed E-state index contributed by atoms with van der Waals surface area (Å²) >= 11 is 1.56. The molecule has 0 saturated carbocycles. The molecule has 0 bridgehead atoms. The Morgan fingerprint density at radius 2 is 2.29 bits per heavy atom. The smallest absolute Gasteiger partial charge is 0.337 e. The molecule has 5 heteroatoms. The lowest BCUT2D eigenvalue weighted by Crippen LogP contribution is -2.11. The fourth-order valence-electron chi connectivity index (χ4n) is 1.71. The van der Waals surface area contributed by atoms with Crippen molar-refractivity contribution < 1.29 is 9.21 Å². The zero-order valence-electron chi connectivity index (χ0n) is 9.23. The number of nitrogens with two attached hydrogens (primary N) is 1. The first-order valence-electron chi connectivity index (χ1n) is 5.02. The predicted molar refractivity (Wildman–Crippen MR) is 66.5 cm³/mol. The molecule has 0 atom stereocenters. The zero-order valence-corrected chi connectivity index (χ0v) is 10.0. The molecule has 0 unspecified atom stereocenters. The summed E-state index contributed by atoms with van der Waals surface area (Å²) in [5.41, 5.74) is 7.00. The molecule has 0 amide bonds. The molecule has 0 spiro atoms. The number of hydrogen-bond acceptors (Lipinski definition) is 5. The summed E-state index contributed by atoms with van der Waals surface area (Å²) in [7, 11) is 0. The van der Waals surface area contributed by atoms with Crippen molar-refractivity contribution in [3.63, 3.8) is 0 Å². The van der Waals surface area contributed by atoms with E-state index in [4.69, 9.17) is 10.2 Å². The van der Waals surface area contributed by atoms with Crippen LogP contribution in [0.5, 0.6) is 0 Å². The molecule has 0 aromatic carbocycles. The molecule has 2 rings (SSSR count). The molecule has 88 valence electrons. The van der Waals surface area contributed by atoms with Crippen LogP contribution in [0.4, 0.5) is 5.88 Å². The molecule has 0 radical (unpaired) electrons. The second kappa shape index (κ2) is 4.55. The summed E-state index contributed by atoms with van der Waals surface area (Å²) < 4.78 is 4.73. The Morgan fingerprint density at radius 1 is 1.53 bits per heavy atom. The average Bonchev–Trinajstić information content (AvgIpc) is 2.68. The van der Waals surface area contributed by atoms with Gasteiger partial charge in [-0.25, -0.2) is 4.79 Å². The molecule has 0 aliphatic carbocycles. The summed E-state index contributed by atoms with van der Waals surface area (Å²) in [6, 6.07) is 3.27. The molecule has 2 N–H and O–H groups in total. The van der Waals surface area contributed by atoms with Crippen LogP contribution in [0.25, 0.3) is 0 Å². The third-order valence-corrected chi connectivity index (χ3v) is 3.13. The van der Waals surface area contributed by atoms with Crippen LogP contribution in [0.1, 0.15) is 28.4 Å². The molecule has 0 saturated heterocycles. The van der Waals surface area contributed by atoms with Crippen LogP contribution in [-0.4, -0.2) is 5.78 Å². The molecule has 0 aliphatic heterocycles. The number of rotatable bonds is 3. The molecule has 0 fully saturated rings. The van der Waals surface area contributed by atoms with Gasteiger partial charge in [-0.15, -0.1) is 0 Å². The minimum Gasteiger partial charge on any atom is -0.406 e. The lowest BCUT2D eigenvalue weighted by atomic mass is 10.0. The predicted octanol–water partition coefficient (Wildman–Crippen LogP) is 2.08. The first-order valence-corrected chi connectivity index (χ1v) is 5.96. The van der Waals surface area contributed by atoms with Crippen molar-refractivity contribution in [2.45, 2.75) is 13.3 Å². The highest BCUT2D eigenvalue weighted by Gasteiger charge is 2.15. The van der Waals surface area contributed by atoms with Crippen molar-refractivity contribution in [2.24, 2.45) is 0 Å². The van der Waals surface area contributed by atoms with E-state index in [-0.39, 0.29) is 11.7 Å². The fourth-order valence-corrected chi connectivity index (χ4v) is 2.38. The average molecular weight is 249 g/mol. The first-order chi connectivity index (χ1) is 8.08. The van der Waals surface area contributed by atoms with Crippen LogP contribution in [-0.2, 0) is 6.42 Å². The van der Waals surface area contributed by atoms with Crippen LogP contribution in [0.3, 0.4) is 0 Å². The number of Topliss-reactive ketones (excluding diaryl/α,β-unsaturated/α-hetero) is 1. The number of nitrogen functional groups attached to an aromatic ring is 1. The number of carbonyl (C=O) groups is 1. The van der Waals surface area contributed by atoms with Gasteiger partial charge in [-0.3, -0.25) is 4.79 Å². The van der Waals surface area contributed by atoms with E-state index in [0.29, 0.717) is 17.5 Å². The maximum absolute atomic E-state index is 11.5. The van der Waals surface area contributed by atoms with Crippen molar-refractivity contribution >= 4 is 23.0 Å². The van der Waals surface area contributed by atoms with E-state index >= 15 is 0 Å². The van der Waals surface area contributed by atoms with Crippen molar-refractivity contribution in [1.82, 2.24) is 0 Å². The molecule has 2 aromatic rings. The number of carbonyl (C=O) groups excluding carboxylic acids is 1. The second-order valence-electron chi connectivity index (χ2n) is 3.69. The molecule has 2 heterocycles. The van der Waals surface area contributed by atoms with Gasteiger partial charge in [0.25, 0.3) is 0 Å². The van der Waals surface area contributed by atoms with Crippen LogP contribution >= 0.6 is 11.3 Å². The van der Waals surface area contributed by atoms with Gasteiger partial charge in [0, 0.05) is 6.07 Å². The molecular weight excluding hydrogens is 238 g/mol. The van der Waals surface area contributed by atoms with Gasteiger partial charge in [0.05, 0.1) is 5.56 Å². The Balaban J connectivity index is 2.51. The summed E-state index contributed by atoms with van der Waals surface area (Å²) in [5, 5.41) is 3.91. The summed E-state index contributed by atoms with van der Waals surface area (Å²) in [4.78, 5) is 22.7. The Bertz CT molecular complexity index is 599. The van der Waals surface area contributed by atoms with E-state index in [1.807, 2.05) is 16.8 Å². The van der Waals surface area contributed by atoms with Crippen molar-refractivity contribution in [3.05, 3.63) is 50.0 Å². The summed E-state index contributed by atoms with van der Waals surface area (Å²) in [5.74, 6) is -0.299. The van der Waals surface area contributed by atoms with Crippen LogP contribution < -0.4 is 11.4 Å². The first kappa shape index (κ1) is 11.6. The van der Waals surface area contributed by atoms with E-state index in [2.05, 4.69) is 0 Å². The topological polar surface area (TPSA) is 73.3 Å². The molecule has 17 heavy (non-hydrogen) atoms. The van der Waals surface area contributed by atoms with Crippen molar-refractivity contribution in [3.8, 4) is 0 Å². The maximum Gasteiger partial charge on any atom is 0.337 e. The summed E-state index contributed by atoms with van der Waals surface area (Å²) in [6.07, 6.45) is 0.508. The maximum atomic E-state index is 11.5. The lowest BCUT2D eigenvalue weighted by molar-refractivity contribution is 0.101. The van der Waals surface area contributed by atoms with Gasteiger partial charge in [-0.1, -0.05) is 0 Å². The highest BCUT2D eigenvalue weighted by molar-refractivity contribution is 7.07. The minimum atomic E-state index is -0.530. The number of anilines is 1. The molecule has 0 aliphatic rings. The van der Waals surface area contributed by atoms with Gasteiger partial charge in [0.15, 0.2) is 5.78 Å².